The van der Waals surface area contributed by atoms with Crippen LogP contribution >= 0.6 is 11.6 Å². The number of nitrogens with one attached hydrogen (secondary N) is 1. The van der Waals surface area contributed by atoms with Crippen molar-refractivity contribution in [1.29, 1.82) is 0 Å². The van der Waals surface area contributed by atoms with E-state index in [1.165, 1.54) is 0 Å². The van der Waals surface area contributed by atoms with E-state index in [-0.39, 0.29) is 24.8 Å². The van der Waals surface area contributed by atoms with Crippen LogP contribution < -0.4 is 14.8 Å². The number of methoxy groups -OCH3 is 1. The van der Waals surface area contributed by atoms with Crippen LogP contribution in [0, 0.1) is 0 Å². The molecule has 7 heteroatoms. The van der Waals surface area contributed by atoms with Crippen LogP contribution in [0.15, 0.2) is 78.9 Å². The predicted octanol–water partition coefficient (Wildman–Crippen LogP) is 5.28. The van der Waals surface area contributed by atoms with Crippen molar-refractivity contribution in [3.8, 4) is 11.5 Å². The summed E-state index contributed by atoms with van der Waals surface area (Å²) in [4.78, 5) is 28.3. The minimum atomic E-state index is -0.652. The first kappa shape index (κ1) is 27.1. The Kier molecular flexibility index (Phi) is 10.6. The van der Waals surface area contributed by atoms with Crippen LogP contribution in [-0.2, 0) is 22.6 Å². The number of rotatable bonds is 13. The smallest absolute Gasteiger partial charge is 0.243 e. The number of benzene rings is 3. The molecule has 190 valence electrons. The van der Waals surface area contributed by atoms with Gasteiger partial charge in [0, 0.05) is 31.0 Å². The molecule has 3 rings (SSSR count). The van der Waals surface area contributed by atoms with Gasteiger partial charge < -0.3 is 19.7 Å². The number of amides is 2. The lowest BCUT2D eigenvalue weighted by molar-refractivity contribution is -0.141. The standard InChI is InChI=1S/C29H33ClN2O4/c1-3-31-29(34)27(20-22-9-5-4-6-10-22)32(21-23-11-7-12-24(30)19-23)28(33)13-8-18-36-26-16-14-25(35-2)15-17-26/h4-7,9-12,14-17,19,27H,3,8,13,18,20-21H2,1-2H3,(H,31,34). The molecule has 3 aromatic carbocycles. The van der Waals surface area contributed by atoms with Crippen molar-refractivity contribution in [3.63, 3.8) is 0 Å². The van der Waals surface area contributed by atoms with E-state index in [0.717, 1.165) is 16.9 Å². The lowest BCUT2D eigenvalue weighted by Gasteiger charge is -2.31. The number of hydrogen-bond donors (Lipinski definition) is 1. The van der Waals surface area contributed by atoms with E-state index in [1.807, 2.05) is 79.7 Å². The maximum Gasteiger partial charge on any atom is 0.243 e. The molecule has 0 aliphatic carbocycles. The van der Waals surface area contributed by atoms with Crippen LogP contribution in [0.2, 0.25) is 5.02 Å². The molecule has 0 aliphatic heterocycles. The van der Waals surface area contributed by atoms with E-state index in [4.69, 9.17) is 21.1 Å². The normalized spacial score (nSPS) is 11.4. The number of ether oxygens (including phenoxy) is 2. The summed E-state index contributed by atoms with van der Waals surface area (Å²) in [6.45, 7) is 3.02. The highest BCUT2D eigenvalue weighted by Gasteiger charge is 2.29. The van der Waals surface area contributed by atoms with Gasteiger partial charge in [0.1, 0.15) is 17.5 Å². The number of carbonyl (C=O) groups excluding carboxylic acids is 2. The minimum absolute atomic E-state index is 0.111. The third kappa shape index (κ3) is 8.31. The molecular weight excluding hydrogens is 476 g/mol. The lowest BCUT2D eigenvalue weighted by atomic mass is 10.0. The molecule has 0 radical (unpaired) electrons. The zero-order valence-corrected chi connectivity index (χ0v) is 21.5. The molecule has 0 fully saturated rings. The number of carbonyl (C=O) groups is 2. The Balaban J connectivity index is 1.74. The summed E-state index contributed by atoms with van der Waals surface area (Å²) in [7, 11) is 1.61. The Hall–Kier alpha value is -3.51. The Morgan fingerprint density at radius 3 is 2.31 bits per heavy atom. The summed E-state index contributed by atoms with van der Waals surface area (Å²) in [6, 6.07) is 23.8. The average molecular weight is 509 g/mol. The second-order valence-electron chi connectivity index (χ2n) is 8.38. The zero-order chi connectivity index (χ0) is 25.8. The maximum absolute atomic E-state index is 13.5. The highest BCUT2D eigenvalue weighted by molar-refractivity contribution is 6.30. The summed E-state index contributed by atoms with van der Waals surface area (Å²) >= 11 is 6.20. The highest BCUT2D eigenvalue weighted by atomic mass is 35.5. The van der Waals surface area contributed by atoms with E-state index in [9.17, 15) is 9.59 Å². The van der Waals surface area contributed by atoms with E-state index >= 15 is 0 Å². The Bertz CT molecular complexity index is 1110. The Morgan fingerprint density at radius 2 is 1.64 bits per heavy atom. The van der Waals surface area contributed by atoms with Gasteiger partial charge in [0.25, 0.3) is 0 Å². The van der Waals surface area contributed by atoms with Gasteiger partial charge in [0.2, 0.25) is 11.8 Å². The van der Waals surface area contributed by atoms with Crippen LogP contribution in [0.3, 0.4) is 0 Å². The fourth-order valence-corrected chi connectivity index (χ4v) is 4.12. The number of nitrogens with zero attached hydrogens (tertiary/aromatic N) is 1. The maximum atomic E-state index is 13.5. The average Bonchev–Trinajstić information content (AvgIpc) is 2.89. The largest absolute Gasteiger partial charge is 0.497 e. The van der Waals surface area contributed by atoms with Gasteiger partial charge in [0.15, 0.2) is 0 Å². The highest BCUT2D eigenvalue weighted by Crippen LogP contribution is 2.20. The van der Waals surface area contributed by atoms with E-state index < -0.39 is 6.04 Å². The fraction of sp³-hybridized carbons (Fsp3) is 0.310. The van der Waals surface area contributed by atoms with Gasteiger partial charge >= 0.3 is 0 Å². The molecule has 1 unspecified atom stereocenters. The van der Waals surface area contributed by atoms with Gasteiger partial charge in [-0.25, -0.2) is 0 Å². The van der Waals surface area contributed by atoms with Crippen molar-refractivity contribution in [1.82, 2.24) is 10.2 Å². The van der Waals surface area contributed by atoms with Gasteiger partial charge in [-0.2, -0.15) is 0 Å². The van der Waals surface area contributed by atoms with E-state index in [1.54, 1.807) is 18.1 Å². The lowest BCUT2D eigenvalue weighted by Crippen LogP contribution is -2.50. The minimum Gasteiger partial charge on any atom is -0.497 e. The molecule has 0 aliphatic rings. The van der Waals surface area contributed by atoms with Crippen molar-refractivity contribution in [3.05, 3.63) is 95.0 Å². The van der Waals surface area contributed by atoms with Gasteiger partial charge in [0.05, 0.1) is 13.7 Å². The molecule has 0 aromatic heterocycles. The molecule has 0 bridgehead atoms. The number of likely N-dealkylation sites (N-methyl/N-ethyl adjacent to an activating group) is 1. The van der Waals surface area contributed by atoms with Crippen molar-refractivity contribution < 1.29 is 19.1 Å². The monoisotopic (exact) mass is 508 g/mol. The predicted molar refractivity (Wildman–Crippen MR) is 142 cm³/mol. The molecule has 0 saturated heterocycles. The zero-order valence-electron chi connectivity index (χ0n) is 20.8. The Morgan fingerprint density at radius 1 is 0.944 bits per heavy atom. The molecule has 0 spiro atoms. The summed E-state index contributed by atoms with van der Waals surface area (Å²) in [5.41, 5.74) is 1.85. The third-order valence-electron chi connectivity index (χ3n) is 5.73. The van der Waals surface area contributed by atoms with Crippen LogP contribution in [-0.4, -0.2) is 43.0 Å². The van der Waals surface area contributed by atoms with Crippen LogP contribution in [0.4, 0.5) is 0 Å². The number of hydrogen-bond acceptors (Lipinski definition) is 4. The first-order chi connectivity index (χ1) is 17.5. The van der Waals surface area contributed by atoms with Gasteiger partial charge in [-0.3, -0.25) is 9.59 Å². The summed E-state index contributed by atoms with van der Waals surface area (Å²) in [6.07, 6.45) is 1.19. The topological polar surface area (TPSA) is 67.9 Å². The van der Waals surface area contributed by atoms with Crippen molar-refractivity contribution in [2.24, 2.45) is 0 Å². The van der Waals surface area contributed by atoms with E-state index in [0.29, 0.717) is 36.8 Å². The van der Waals surface area contributed by atoms with Crippen LogP contribution in [0.1, 0.15) is 30.9 Å². The second-order valence-corrected chi connectivity index (χ2v) is 8.82. The Labute approximate surface area is 218 Å². The molecule has 1 N–H and O–H groups in total. The molecule has 0 heterocycles. The summed E-state index contributed by atoms with van der Waals surface area (Å²) in [5, 5.41) is 3.49. The van der Waals surface area contributed by atoms with Gasteiger partial charge in [-0.1, -0.05) is 54.1 Å². The molecule has 6 nitrogen and oxygen atoms in total. The van der Waals surface area contributed by atoms with Crippen molar-refractivity contribution >= 4 is 23.4 Å². The van der Waals surface area contributed by atoms with Crippen molar-refractivity contribution in [2.75, 3.05) is 20.3 Å². The molecule has 36 heavy (non-hydrogen) atoms. The fourth-order valence-electron chi connectivity index (χ4n) is 3.91. The van der Waals surface area contributed by atoms with Gasteiger partial charge in [-0.05, 0) is 60.9 Å². The molecule has 2 amide bonds. The molecule has 0 saturated carbocycles. The first-order valence-electron chi connectivity index (χ1n) is 12.1. The molecular formula is C29H33ClN2O4. The molecule has 1 atom stereocenters. The first-order valence-corrected chi connectivity index (χ1v) is 12.5. The van der Waals surface area contributed by atoms with E-state index in [2.05, 4.69) is 5.32 Å². The third-order valence-corrected chi connectivity index (χ3v) is 5.96. The number of halogens is 1. The van der Waals surface area contributed by atoms with Gasteiger partial charge in [-0.15, -0.1) is 0 Å². The SMILES string of the molecule is CCNC(=O)C(Cc1ccccc1)N(Cc1cccc(Cl)c1)C(=O)CCCOc1ccc(OC)cc1. The van der Waals surface area contributed by atoms with Crippen LogP contribution in [0.5, 0.6) is 11.5 Å². The summed E-state index contributed by atoms with van der Waals surface area (Å²) < 4.78 is 11.0. The second kappa shape index (κ2) is 14.1. The molecule has 3 aromatic rings. The summed E-state index contributed by atoms with van der Waals surface area (Å²) in [5.74, 6) is 1.18. The van der Waals surface area contributed by atoms with Crippen molar-refractivity contribution in [2.45, 2.75) is 38.8 Å². The quantitative estimate of drug-likeness (QED) is 0.319. The van der Waals surface area contributed by atoms with Crippen LogP contribution in [0.25, 0.3) is 0 Å².